The van der Waals surface area contributed by atoms with Crippen LogP contribution in [0.1, 0.15) is 25.0 Å². The molecule has 1 fully saturated rings. The first kappa shape index (κ1) is 21.3. The number of rotatable bonds is 2. The highest BCUT2D eigenvalue weighted by molar-refractivity contribution is 5.79. The average Bonchev–Trinajstić information content (AvgIpc) is 3.05. The van der Waals surface area contributed by atoms with Crippen LogP contribution in [0.3, 0.4) is 0 Å². The Hall–Kier alpha value is -2.38. The third-order valence-electron chi connectivity index (χ3n) is 4.94. The summed E-state index contributed by atoms with van der Waals surface area (Å²) >= 11 is 0. The normalized spacial score (nSPS) is 25.5. The van der Waals surface area contributed by atoms with Gasteiger partial charge in [-0.1, -0.05) is 6.92 Å². The van der Waals surface area contributed by atoms with Crippen molar-refractivity contribution in [3.8, 4) is 0 Å². The number of nitrogens with one attached hydrogen (secondary N) is 1. The largest absolute Gasteiger partial charge is 0.490 e. The van der Waals surface area contributed by atoms with Gasteiger partial charge in [-0.25, -0.2) is 4.79 Å². The highest BCUT2D eigenvalue weighted by Gasteiger charge is 2.45. The molecule has 0 aliphatic carbocycles. The fourth-order valence-electron chi connectivity index (χ4n) is 3.43. The summed E-state index contributed by atoms with van der Waals surface area (Å²) in [6.07, 6.45) is -11.3. The lowest BCUT2D eigenvalue weighted by Gasteiger charge is -2.38. The van der Waals surface area contributed by atoms with Gasteiger partial charge in [0, 0.05) is 32.0 Å². The Kier molecular flexibility index (Phi) is 5.49. The van der Waals surface area contributed by atoms with Crippen molar-refractivity contribution in [3.05, 3.63) is 11.6 Å². The van der Waals surface area contributed by atoms with Crippen molar-refractivity contribution >= 4 is 11.9 Å². The monoisotopic (exact) mass is 429 g/mol. The van der Waals surface area contributed by atoms with Gasteiger partial charge in [-0.3, -0.25) is 10.1 Å². The van der Waals surface area contributed by atoms with E-state index in [1.54, 1.807) is 6.92 Å². The quantitative estimate of drug-likeness (QED) is 0.564. The number of hydrogen-bond donors (Lipinski definition) is 1. The molecule has 1 saturated heterocycles. The van der Waals surface area contributed by atoms with Gasteiger partial charge < -0.3 is 14.2 Å². The van der Waals surface area contributed by atoms with Crippen LogP contribution in [-0.2, 0) is 33.6 Å². The Morgan fingerprint density at radius 2 is 1.83 bits per heavy atom. The summed E-state index contributed by atoms with van der Waals surface area (Å²) in [5.74, 6) is -5.03. The van der Waals surface area contributed by atoms with Crippen molar-refractivity contribution < 1.29 is 40.7 Å². The fraction of sp³-hybridized carbons (Fsp3) is 0.733. The standard InChI is InChI=1S/C15H17F6N5O3/c1-7-5-22-10(29-13(28)15(19,20)21)4-8(7)11(27)25-2-3-26-9(6-25)23-24-12(26)14(16,17)18/h7-8,10,22H,2-6H2,1H3/t7-,8+,10?/m1/s1. The number of aromatic nitrogens is 3. The van der Waals surface area contributed by atoms with Crippen LogP contribution in [0.4, 0.5) is 26.3 Å². The average molecular weight is 429 g/mol. The van der Waals surface area contributed by atoms with Gasteiger partial charge >= 0.3 is 18.3 Å². The number of hydrogen-bond acceptors (Lipinski definition) is 6. The smallest absolute Gasteiger partial charge is 0.440 e. The summed E-state index contributed by atoms with van der Waals surface area (Å²) in [6, 6.07) is 0. The molecule has 3 rings (SSSR count). The topological polar surface area (TPSA) is 89.4 Å². The van der Waals surface area contributed by atoms with Crippen LogP contribution in [0, 0.1) is 11.8 Å². The van der Waals surface area contributed by atoms with Gasteiger partial charge in [0.2, 0.25) is 11.7 Å². The summed E-state index contributed by atoms with van der Waals surface area (Å²) < 4.78 is 81.1. The van der Waals surface area contributed by atoms with Gasteiger partial charge in [0.25, 0.3) is 0 Å². The zero-order valence-electron chi connectivity index (χ0n) is 15.0. The number of esters is 1. The van der Waals surface area contributed by atoms with Crippen molar-refractivity contribution in [2.75, 3.05) is 13.1 Å². The van der Waals surface area contributed by atoms with E-state index in [1.807, 2.05) is 0 Å². The summed E-state index contributed by atoms with van der Waals surface area (Å²) in [7, 11) is 0. The molecule has 0 aromatic carbocycles. The minimum Gasteiger partial charge on any atom is -0.440 e. The molecule has 2 aliphatic heterocycles. The van der Waals surface area contributed by atoms with E-state index >= 15 is 0 Å². The molecular formula is C15H17F6N5O3. The molecular weight excluding hydrogens is 412 g/mol. The van der Waals surface area contributed by atoms with Gasteiger partial charge in [0.05, 0.1) is 6.54 Å². The Balaban J connectivity index is 1.68. The second-order valence-corrected chi connectivity index (χ2v) is 6.97. The number of ether oxygens (including phenoxy) is 1. The van der Waals surface area contributed by atoms with Crippen LogP contribution >= 0.6 is 0 Å². The summed E-state index contributed by atoms with van der Waals surface area (Å²) in [5.41, 5.74) is 0. The van der Waals surface area contributed by atoms with Crippen LogP contribution in [0.15, 0.2) is 0 Å². The lowest BCUT2D eigenvalue weighted by Crippen LogP contribution is -2.52. The molecule has 1 aromatic heterocycles. The van der Waals surface area contributed by atoms with E-state index in [0.29, 0.717) is 0 Å². The zero-order chi connectivity index (χ0) is 21.6. The number of nitrogens with zero attached hydrogens (tertiary/aromatic N) is 4. The van der Waals surface area contributed by atoms with E-state index in [0.717, 1.165) is 4.57 Å². The highest BCUT2D eigenvalue weighted by Crippen LogP contribution is 2.31. The van der Waals surface area contributed by atoms with Gasteiger partial charge in [-0.05, 0) is 5.92 Å². The number of alkyl halides is 6. The number of piperidine rings is 1. The molecule has 162 valence electrons. The number of carbonyl (C=O) groups excluding carboxylic acids is 2. The summed E-state index contributed by atoms with van der Waals surface area (Å²) in [6.45, 7) is 1.44. The second kappa shape index (κ2) is 7.46. The van der Waals surface area contributed by atoms with Crippen molar-refractivity contribution in [2.45, 2.75) is 45.0 Å². The Bertz CT molecular complexity index is 792. The predicted octanol–water partition coefficient (Wildman–Crippen LogP) is 1.32. The molecule has 0 radical (unpaired) electrons. The maximum Gasteiger partial charge on any atom is 0.490 e. The number of fused-ring (bicyclic) bond motifs is 1. The molecule has 1 unspecified atom stereocenters. The lowest BCUT2D eigenvalue weighted by molar-refractivity contribution is -0.208. The van der Waals surface area contributed by atoms with Crippen LogP contribution in [0.25, 0.3) is 0 Å². The molecule has 2 aliphatic rings. The summed E-state index contributed by atoms with van der Waals surface area (Å²) in [5, 5.41) is 9.26. The third kappa shape index (κ3) is 4.46. The van der Waals surface area contributed by atoms with Gasteiger partial charge in [0.1, 0.15) is 0 Å². The molecule has 1 amide bonds. The molecule has 8 nitrogen and oxygen atoms in total. The molecule has 0 bridgehead atoms. The van der Waals surface area contributed by atoms with Gasteiger partial charge in [-0.15, -0.1) is 10.2 Å². The predicted molar refractivity (Wildman–Crippen MR) is 81.6 cm³/mol. The van der Waals surface area contributed by atoms with Crippen molar-refractivity contribution in [1.29, 1.82) is 0 Å². The lowest BCUT2D eigenvalue weighted by atomic mass is 9.85. The van der Waals surface area contributed by atoms with Crippen molar-refractivity contribution in [2.24, 2.45) is 11.8 Å². The first-order valence-electron chi connectivity index (χ1n) is 8.67. The fourth-order valence-corrected chi connectivity index (χ4v) is 3.43. The first-order valence-corrected chi connectivity index (χ1v) is 8.67. The SMILES string of the molecule is C[C@@H]1CNC(OC(=O)C(F)(F)F)C[C@@H]1C(=O)N1CCn2c(nnc2C(F)(F)F)C1. The molecule has 0 saturated carbocycles. The molecule has 0 spiro atoms. The van der Waals surface area contributed by atoms with Crippen LogP contribution in [0.2, 0.25) is 0 Å². The van der Waals surface area contributed by atoms with Crippen LogP contribution < -0.4 is 5.32 Å². The summed E-state index contributed by atoms with van der Waals surface area (Å²) in [4.78, 5) is 25.2. The van der Waals surface area contributed by atoms with Crippen molar-refractivity contribution in [3.63, 3.8) is 0 Å². The maximum absolute atomic E-state index is 12.9. The minimum atomic E-state index is -5.16. The molecule has 3 heterocycles. The van der Waals surface area contributed by atoms with E-state index in [-0.39, 0.29) is 44.3 Å². The van der Waals surface area contributed by atoms with E-state index in [2.05, 4.69) is 20.3 Å². The van der Waals surface area contributed by atoms with Crippen LogP contribution in [0.5, 0.6) is 0 Å². The van der Waals surface area contributed by atoms with E-state index in [1.165, 1.54) is 4.90 Å². The van der Waals surface area contributed by atoms with Gasteiger partial charge in [-0.2, -0.15) is 26.3 Å². The van der Waals surface area contributed by atoms with Crippen LogP contribution in [-0.4, -0.2) is 57.0 Å². The maximum atomic E-state index is 12.9. The Morgan fingerprint density at radius 3 is 2.45 bits per heavy atom. The van der Waals surface area contributed by atoms with E-state index in [9.17, 15) is 35.9 Å². The molecule has 1 aromatic rings. The number of carbonyl (C=O) groups is 2. The molecule has 3 atom stereocenters. The minimum absolute atomic E-state index is 0.0291. The number of halogens is 6. The molecule has 1 N–H and O–H groups in total. The van der Waals surface area contributed by atoms with E-state index in [4.69, 9.17) is 0 Å². The molecule has 29 heavy (non-hydrogen) atoms. The van der Waals surface area contributed by atoms with E-state index < -0.39 is 42.2 Å². The zero-order valence-corrected chi connectivity index (χ0v) is 15.0. The second-order valence-electron chi connectivity index (χ2n) is 6.97. The van der Waals surface area contributed by atoms with Gasteiger partial charge in [0.15, 0.2) is 12.1 Å². The third-order valence-corrected chi connectivity index (χ3v) is 4.94. The Morgan fingerprint density at radius 1 is 1.14 bits per heavy atom. The Labute approximate surface area is 160 Å². The number of amides is 1. The van der Waals surface area contributed by atoms with Crippen molar-refractivity contribution in [1.82, 2.24) is 25.0 Å². The first-order chi connectivity index (χ1) is 13.4. The highest BCUT2D eigenvalue weighted by atomic mass is 19.4. The molecule has 14 heteroatoms.